The second-order valence-corrected chi connectivity index (χ2v) is 13.4. The number of aromatic amines is 1. The van der Waals surface area contributed by atoms with E-state index in [1.807, 2.05) is 0 Å². The molecular weight excluding hydrogens is 394 g/mol. The summed E-state index contributed by atoms with van der Waals surface area (Å²) in [6.45, 7) is 25.7. The molecule has 178 valence electrons. The molecule has 0 unspecified atom stereocenters. The van der Waals surface area contributed by atoms with E-state index in [9.17, 15) is 9.90 Å². The van der Waals surface area contributed by atoms with Crippen molar-refractivity contribution in [1.29, 1.82) is 0 Å². The van der Waals surface area contributed by atoms with Crippen molar-refractivity contribution in [1.82, 2.24) is 4.98 Å². The number of aromatic nitrogens is 1. The Morgan fingerprint density at radius 3 is 1.53 bits per heavy atom. The summed E-state index contributed by atoms with van der Waals surface area (Å²) in [6, 6.07) is 6.33. The molecule has 0 amide bonds. The third-order valence-electron chi connectivity index (χ3n) is 6.14. The van der Waals surface area contributed by atoms with Gasteiger partial charge in [0.2, 0.25) is 0 Å². The van der Waals surface area contributed by atoms with Crippen LogP contribution in [0.5, 0.6) is 5.75 Å². The van der Waals surface area contributed by atoms with E-state index in [2.05, 4.69) is 106 Å². The molecule has 2 N–H and O–H groups in total. The van der Waals surface area contributed by atoms with Crippen LogP contribution in [0.25, 0.3) is 0 Å². The molecule has 2 aromatic rings. The fraction of sp³-hybridized carbons (Fsp3) is 0.621. The maximum atomic E-state index is 13.4. The first kappa shape index (κ1) is 26.2. The largest absolute Gasteiger partial charge is 0.507 e. The van der Waals surface area contributed by atoms with Gasteiger partial charge < -0.3 is 10.1 Å². The molecule has 1 aromatic heterocycles. The molecule has 1 aromatic carbocycles. The minimum absolute atomic E-state index is 0.0429. The number of carbonyl (C=O) groups is 1. The Morgan fingerprint density at radius 1 is 0.719 bits per heavy atom. The van der Waals surface area contributed by atoms with Crippen LogP contribution in [0, 0.1) is 0 Å². The van der Waals surface area contributed by atoms with E-state index in [-0.39, 0.29) is 27.4 Å². The summed E-state index contributed by atoms with van der Waals surface area (Å²) in [7, 11) is 0. The van der Waals surface area contributed by atoms with Gasteiger partial charge in [-0.2, -0.15) is 0 Å². The lowest BCUT2D eigenvalue weighted by Crippen LogP contribution is -2.18. The number of aromatic hydroxyl groups is 1. The fourth-order valence-electron chi connectivity index (χ4n) is 4.03. The smallest absolute Gasteiger partial charge is 0.179 e. The molecule has 0 saturated heterocycles. The highest BCUT2D eigenvalue weighted by molar-refractivity contribution is 5.96. The lowest BCUT2D eigenvalue weighted by Gasteiger charge is -2.28. The SMILES string of the molecule is CC(C)(C)c1cc(C(C)(C)C)c(C(=O)CCc2cc(C(C)(C)C)c(O)c(C(C)(C)C)c2)[nH]1. The van der Waals surface area contributed by atoms with Crippen LogP contribution in [0.4, 0.5) is 0 Å². The number of phenols is 1. The molecular formula is C29H45NO2. The van der Waals surface area contributed by atoms with Gasteiger partial charge in [0.1, 0.15) is 5.75 Å². The van der Waals surface area contributed by atoms with Crippen molar-refractivity contribution in [3.63, 3.8) is 0 Å². The number of phenolic OH excluding ortho intramolecular Hbond substituents is 1. The molecule has 0 spiro atoms. The number of benzene rings is 1. The summed E-state index contributed by atoms with van der Waals surface area (Å²) in [6.07, 6.45) is 1.09. The van der Waals surface area contributed by atoms with Crippen molar-refractivity contribution in [3.05, 3.63) is 51.8 Å². The molecule has 0 aliphatic rings. The Labute approximate surface area is 196 Å². The first-order chi connectivity index (χ1) is 14.2. The topological polar surface area (TPSA) is 53.1 Å². The van der Waals surface area contributed by atoms with Gasteiger partial charge in [0.05, 0.1) is 5.69 Å². The molecule has 0 saturated carbocycles. The number of nitrogens with one attached hydrogen (secondary N) is 1. The summed E-state index contributed by atoms with van der Waals surface area (Å²) in [5.41, 5.74) is 5.41. The summed E-state index contributed by atoms with van der Waals surface area (Å²) < 4.78 is 0. The van der Waals surface area contributed by atoms with Gasteiger partial charge in [0, 0.05) is 17.5 Å². The first-order valence-electron chi connectivity index (χ1n) is 11.9. The average molecular weight is 440 g/mol. The standard InChI is InChI=1S/C29H45NO2/c1-26(2,3)19-17-23(29(10,11)12)30-24(19)22(31)14-13-18-15-20(27(4,5)6)25(32)21(16-18)28(7,8)9/h15-17,30,32H,13-14H2,1-12H3. The molecule has 2 rings (SSSR count). The Morgan fingerprint density at radius 2 is 1.16 bits per heavy atom. The zero-order chi connectivity index (χ0) is 24.9. The number of hydrogen-bond donors (Lipinski definition) is 2. The number of rotatable bonds is 4. The second-order valence-electron chi connectivity index (χ2n) is 13.4. The number of H-pyrrole nitrogens is 1. The summed E-state index contributed by atoms with van der Waals surface area (Å²) in [5, 5.41) is 11.0. The molecule has 3 heteroatoms. The highest BCUT2D eigenvalue weighted by atomic mass is 16.3. The highest BCUT2D eigenvalue weighted by Gasteiger charge is 2.29. The second kappa shape index (κ2) is 8.39. The number of hydrogen-bond acceptors (Lipinski definition) is 2. The molecule has 3 nitrogen and oxygen atoms in total. The monoisotopic (exact) mass is 439 g/mol. The number of aryl methyl sites for hydroxylation is 1. The number of carbonyl (C=O) groups excluding carboxylic acids is 1. The third kappa shape index (κ3) is 5.85. The van der Waals surface area contributed by atoms with E-state index in [0.29, 0.717) is 18.6 Å². The maximum Gasteiger partial charge on any atom is 0.179 e. The Kier molecular flexibility index (Phi) is 6.88. The molecule has 0 radical (unpaired) electrons. The van der Waals surface area contributed by atoms with Gasteiger partial charge >= 0.3 is 0 Å². The minimum Gasteiger partial charge on any atom is -0.507 e. The van der Waals surface area contributed by atoms with E-state index in [0.717, 1.165) is 33.6 Å². The Hall–Kier alpha value is -2.03. The van der Waals surface area contributed by atoms with Crippen molar-refractivity contribution < 1.29 is 9.90 Å². The lowest BCUT2D eigenvalue weighted by molar-refractivity contribution is 0.0976. The van der Waals surface area contributed by atoms with Gasteiger partial charge in [-0.3, -0.25) is 4.79 Å². The van der Waals surface area contributed by atoms with Crippen LogP contribution in [0.1, 0.15) is 128 Å². The molecule has 0 bridgehead atoms. The van der Waals surface area contributed by atoms with Crippen LogP contribution in [0.15, 0.2) is 18.2 Å². The number of ketones is 1. The van der Waals surface area contributed by atoms with Crippen LogP contribution >= 0.6 is 0 Å². The third-order valence-corrected chi connectivity index (χ3v) is 6.14. The zero-order valence-electron chi connectivity index (χ0n) is 22.5. The number of Topliss-reactive ketones (excluding diaryl/α,β-unsaturated/α-hetero) is 1. The normalized spacial score (nSPS) is 13.5. The molecule has 0 aliphatic heterocycles. The van der Waals surface area contributed by atoms with Crippen molar-refractivity contribution in [2.24, 2.45) is 0 Å². The van der Waals surface area contributed by atoms with Crippen LogP contribution in [-0.4, -0.2) is 15.9 Å². The van der Waals surface area contributed by atoms with Gasteiger partial charge in [-0.25, -0.2) is 0 Å². The minimum atomic E-state index is -0.176. The summed E-state index contributed by atoms with van der Waals surface area (Å²) in [4.78, 5) is 16.8. The average Bonchev–Trinajstić information content (AvgIpc) is 3.04. The van der Waals surface area contributed by atoms with Gasteiger partial charge in [-0.1, -0.05) is 95.2 Å². The maximum absolute atomic E-state index is 13.4. The molecule has 0 aliphatic carbocycles. The van der Waals surface area contributed by atoms with Crippen LogP contribution in [-0.2, 0) is 28.1 Å². The highest BCUT2D eigenvalue weighted by Crippen LogP contribution is 2.40. The predicted molar refractivity (Wildman–Crippen MR) is 136 cm³/mol. The van der Waals surface area contributed by atoms with Crippen molar-refractivity contribution >= 4 is 5.78 Å². The van der Waals surface area contributed by atoms with E-state index in [4.69, 9.17) is 0 Å². The summed E-state index contributed by atoms with van der Waals surface area (Å²) in [5.74, 6) is 0.530. The van der Waals surface area contributed by atoms with Gasteiger partial charge in [0.25, 0.3) is 0 Å². The van der Waals surface area contributed by atoms with Gasteiger partial charge in [0.15, 0.2) is 5.78 Å². The van der Waals surface area contributed by atoms with E-state index >= 15 is 0 Å². The van der Waals surface area contributed by atoms with Gasteiger partial charge in [-0.15, -0.1) is 0 Å². The van der Waals surface area contributed by atoms with E-state index in [1.165, 1.54) is 0 Å². The zero-order valence-corrected chi connectivity index (χ0v) is 22.5. The van der Waals surface area contributed by atoms with E-state index in [1.54, 1.807) is 0 Å². The molecule has 0 fully saturated rings. The van der Waals surface area contributed by atoms with Crippen LogP contribution in [0.2, 0.25) is 0 Å². The molecule has 32 heavy (non-hydrogen) atoms. The van der Waals surface area contributed by atoms with Crippen LogP contribution < -0.4 is 0 Å². The van der Waals surface area contributed by atoms with Gasteiger partial charge in [-0.05, 0) is 51.0 Å². The predicted octanol–water partition coefficient (Wildman–Crippen LogP) is 7.73. The van der Waals surface area contributed by atoms with Crippen molar-refractivity contribution in [3.8, 4) is 5.75 Å². The lowest BCUT2D eigenvalue weighted by atomic mass is 9.78. The summed E-state index contributed by atoms with van der Waals surface area (Å²) >= 11 is 0. The Balaban J connectivity index is 2.43. The van der Waals surface area contributed by atoms with Crippen LogP contribution in [0.3, 0.4) is 0 Å². The Bertz CT molecular complexity index is 945. The van der Waals surface area contributed by atoms with E-state index < -0.39 is 0 Å². The first-order valence-corrected chi connectivity index (χ1v) is 11.9. The molecule has 1 heterocycles. The quantitative estimate of drug-likeness (QED) is 0.479. The molecule has 0 atom stereocenters. The van der Waals surface area contributed by atoms with Crippen molar-refractivity contribution in [2.75, 3.05) is 0 Å². The fourth-order valence-corrected chi connectivity index (χ4v) is 4.03. The van der Waals surface area contributed by atoms with Crippen molar-refractivity contribution in [2.45, 2.75) is 118 Å².